The summed E-state index contributed by atoms with van der Waals surface area (Å²) in [5, 5.41) is 4.21. The average Bonchev–Trinajstić information content (AvgIpc) is 3.43. The Hall–Kier alpha value is -2.96. The number of hydrogen-bond acceptors (Lipinski definition) is 4. The molecule has 1 unspecified atom stereocenters. The van der Waals surface area contributed by atoms with E-state index in [9.17, 15) is 4.79 Å². The topological polar surface area (TPSA) is 68.8 Å². The van der Waals surface area contributed by atoms with Gasteiger partial charge in [0.25, 0.3) is 5.91 Å². The van der Waals surface area contributed by atoms with Gasteiger partial charge in [0.05, 0.1) is 0 Å². The number of nitrogens with zero attached hydrogens (tertiary/aromatic N) is 6. The molecule has 0 spiro atoms. The van der Waals surface area contributed by atoms with Gasteiger partial charge in [-0.25, -0.2) is 4.98 Å². The first-order valence-corrected chi connectivity index (χ1v) is 9.41. The van der Waals surface area contributed by atoms with Gasteiger partial charge in [-0.3, -0.25) is 14.5 Å². The Labute approximate surface area is 158 Å². The van der Waals surface area contributed by atoms with Gasteiger partial charge >= 0.3 is 0 Å². The van der Waals surface area contributed by atoms with Crippen molar-refractivity contribution in [1.82, 2.24) is 29.2 Å². The molecule has 0 radical (unpaired) electrons. The van der Waals surface area contributed by atoms with Gasteiger partial charge in [0.2, 0.25) is 0 Å². The highest BCUT2D eigenvalue weighted by Crippen LogP contribution is 2.25. The van der Waals surface area contributed by atoms with Crippen LogP contribution in [0.25, 0.3) is 11.4 Å². The van der Waals surface area contributed by atoms with Crippen LogP contribution < -0.4 is 0 Å². The van der Waals surface area contributed by atoms with Crippen molar-refractivity contribution in [2.24, 2.45) is 5.92 Å². The highest BCUT2D eigenvalue weighted by Gasteiger charge is 2.29. The molecule has 1 aliphatic heterocycles. The molecule has 27 heavy (non-hydrogen) atoms. The van der Waals surface area contributed by atoms with Gasteiger partial charge in [-0.15, -0.1) is 0 Å². The van der Waals surface area contributed by atoms with Crippen LogP contribution in [0.2, 0.25) is 0 Å². The summed E-state index contributed by atoms with van der Waals surface area (Å²) in [6.45, 7) is 7.18. The van der Waals surface area contributed by atoms with Gasteiger partial charge in [0.15, 0.2) is 0 Å². The molecular weight excluding hydrogens is 340 g/mol. The monoisotopic (exact) mass is 364 g/mol. The highest BCUT2D eigenvalue weighted by molar-refractivity contribution is 5.92. The molecule has 0 bridgehead atoms. The second-order valence-corrected chi connectivity index (χ2v) is 7.01. The van der Waals surface area contributed by atoms with E-state index >= 15 is 0 Å². The van der Waals surface area contributed by atoms with E-state index in [0.29, 0.717) is 18.2 Å². The van der Waals surface area contributed by atoms with Crippen LogP contribution >= 0.6 is 0 Å². The number of carbonyl (C=O) groups is 1. The Balaban J connectivity index is 1.48. The molecule has 1 fully saturated rings. The molecule has 1 atom stereocenters. The van der Waals surface area contributed by atoms with Gasteiger partial charge in [0, 0.05) is 62.2 Å². The first kappa shape index (κ1) is 17.5. The van der Waals surface area contributed by atoms with Crippen LogP contribution in [0.5, 0.6) is 0 Å². The van der Waals surface area contributed by atoms with Crippen LogP contribution in [0.1, 0.15) is 29.5 Å². The fourth-order valence-electron chi connectivity index (χ4n) is 3.77. The summed E-state index contributed by atoms with van der Waals surface area (Å²) in [4.78, 5) is 23.6. The van der Waals surface area contributed by atoms with Gasteiger partial charge < -0.3 is 9.47 Å². The third kappa shape index (κ3) is 3.37. The first-order chi connectivity index (χ1) is 13.2. The van der Waals surface area contributed by atoms with Gasteiger partial charge in [-0.1, -0.05) is 0 Å². The molecule has 1 amide bonds. The second kappa shape index (κ2) is 7.34. The van der Waals surface area contributed by atoms with E-state index in [0.717, 1.165) is 43.1 Å². The quantitative estimate of drug-likeness (QED) is 0.698. The summed E-state index contributed by atoms with van der Waals surface area (Å²) in [5.74, 6) is 1.43. The zero-order valence-electron chi connectivity index (χ0n) is 15.7. The number of amides is 1. The third-order valence-electron chi connectivity index (χ3n) is 5.22. The number of aryl methyl sites for hydroxylation is 2. The molecule has 7 nitrogen and oxygen atoms in total. The second-order valence-electron chi connectivity index (χ2n) is 7.01. The van der Waals surface area contributed by atoms with Crippen molar-refractivity contribution in [2.45, 2.75) is 33.4 Å². The Morgan fingerprint density at radius 2 is 2.15 bits per heavy atom. The maximum absolute atomic E-state index is 12.8. The predicted octanol–water partition coefficient (Wildman–Crippen LogP) is 2.63. The maximum Gasteiger partial charge on any atom is 0.272 e. The van der Waals surface area contributed by atoms with Crippen molar-refractivity contribution < 1.29 is 4.79 Å². The van der Waals surface area contributed by atoms with E-state index < -0.39 is 0 Å². The molecule has 1 saturated heterocycles. The lowest BCUT2D eigenvalue weighted by Crippen LogP contribution is -2.31. The van der Waals surface area contributed by atoms with Gasteiger partial charge in [-0.2, -0.15) is 5.10 Å². The zero-order valence-corrected chi connectivity index (χ0v) is 15.7. The van der Waals surface area contributed by atoms with Gasteiger partial charge in [-0.05, 0) is 44.4 Å². The van der Waals surface area contributed by atoms with Crippen LogP contribution in [0, 0.1) is 12.8 Å². The van der Waals surface area contributed by atoms with Crippen molar-refractivity contribution in [3.8, 4) is 11.4 Å². The van der Waals surface area contributed by atoms with Crippen molar-refractivity contribution >= 4 is 5.91 Å². The number of rotatable bonds is 5. The van der Waals surface area contributed by atoms with Crippen molar-refractivity contribution in [3.05, 3.63) is 54.4 Å². The fourth-order valence-corrected chi connectivity index (χ4v) is 3.77. The van der Waals surface area contributed by atoms with Crippen molar-refractivity contribution in [2.75, 3.05) is 13.1 Å². The molecule has 140 valence electrons. The van der Waals surface area contributed by atoms with Crippen molar-refractivity contribution in [1.29, 1.82) is 0 Å². The smallest absolute Gasteiger partial charge is 0.272 e. The number of likely N-dealkylation sites (tertiary alicyclic amines) is 1. The molecule has 0 aliphatic carbocycles. The lowest BCUT2D eigenvalue weighted by Gasteiger charge is -2.18. The molecule has 0 saturated carbocycles. The van der Waals surface area contributed by atoms with E-state index in [1.807, 2.05) is 36.4 Å². The number of carbonyl (C=O) groups excluding carboxylic acids is 1. The summed E-state index contributed by atoms with van der Waals surface area (Å²) in [6.07, 6.45) is 8.20. The summed E-state index contributed by atoms with van der Waals surface area (Å²) in [6, 6.07) is 5.76. The summed E-state index contributed by atoms with van der Waals surface area (Å²) in [5.41, 5.74) is 2.82. The number of pyridine rings is 1. The highest BCUT2D eigenvalue weighted by atomic mass is 16.2. The number of aromatic nitrogens is 5. The SMILES string of the molecule is CCn1nccc1C(=O)N1CCC(Cn2c(C)cnc2-c2cccnc2)C1. The van der Waals surface area contributed by atoms with Crippen LogP contribution in [-0.4, -0.2) is 48.2 Å². The minimum atomic E-state index is 0.0756. The Morgan fingerprint density at radius 3 is 2.93 bits per heavy atom. The Morgan fingerprint density at radius 1 is 1.26 bits per heavy atom. The number of hydrogen-bond donors (Lipinski definition) is 0. The lowest BCUT2D eigenvalue weighted by molar-refractivity contribution is 0.0773. The van der Waals surface area contributed by atoms with Gasteiger partial charge in [0.1, 0.15) is 11.5 Å². The third-order valence-corrected chi connectivity index (χ3v) is 5.22. The number of imidazole rings is 1. The lowest BCUT2D eigenvalue weighted by atomic mass is 10.1. The van der Waals surface area contributed by atoms with E-state index in [4.69, 9.17) is 0 Å². The maximum atomic E-state index is 12.8. The summed E-state index contributed by atoms with van der Waals surface area (Å²) in [7, 11) is 0. The summed E-state index contributed by atoms with van der Waals surface area (Å²) >= 11 is 0. The van der Waals surface area contributed by atoms with E-state index in [2.05, 4.69) is 26.6 Å². The van der Waals surface area contributed by atoms with E-state index in [1.165, 1.54) is 0 Å². The zero-order chi connectivity index (χ0) is 18.8. The fraction of sp³-hybridized carbons (Fsp3) is 0.400. The minimum absolute atomic E-state index is 0.0756. The van der Waals surface area contributed by atoms with E-state index in [-0.39, 0.29) is 5.91 Å². The first-order valence-electron chi connectivity index (χ1n) is 9.41. The molecule has 4 heterocycles. The molecule has 7 heteroatoms. The standard InChI is InChI=1S/C20H24N6O/c1-3-26-18(6-9-23-26)20(27)24-10-7-16(13-24)14-25-15(2)11-22-19(25)17-5-4-8-21-12-17/h4-6,8-9,11-12,16H,3,7,10,13-14H2,1-2H3. The Bertz CT molecular complexity index is 929. The normalized spacial score (nSPS) is 16.8. The minimum Gasteiger partial charge on any atom is -0.337 e. The Kier molecular flexibility index (Phi) is 4.75. The van der Waals surface area contributed by atoms with Crippen LogP contribution in [0.3, 0.4) is 0 Å². The largest absolute Gasteiger partial charge is 0.337 e. The molecule has 3 aromatic heterocycles. The summed E-state index contributed by atoms with van der Waals surface area (Å²) < 4.78 is 4.00. The molecule has 1 aliphatic rings. The molecular formula is C20H24N6O. The van der Waals surface area contributed by atoms with E-state index in [1.54, 1.807) is 23.1 Å². The van der Waals surface area contributed by atoms with Crippen LogP contribution in [-0.2, 0) is 13.1 Å². The predicted molar refractivity (Wildman–Crippen MR) is 102 cm³/mol. The molecule has 3 aromatic rings. The van der Waals surface area contributed by atoms with Crippen LogP contribution in [0.4, 0.5) is 0 Å². The molecule has 4 rings (SSSR count). The van der Waals surface area contributed by atoms with Crippen LogP contribution in [0.15, 0.2) is 43.0 Å². The average molecular weight is 364 g/mol. The van der Waals surface area contributed by atoms with Crippen molar-refractivity contribution in [3.63, 3.8) is 0 Å². The molecule has 0 N–H and O–H groups in total. The molecule has 0 aromatic carbocycles.